The Morgan fingerprint density at radius 2 is 1.23 bits per heavy atom. The first kappa shape index (κ1) is 43.2. The van der Waals surface area contributed by atoms with Gasteiger partial charge in [-0.05, 0) is 19.3 Å². The number of amides is 1. The summed E-state index contributed by atoms with van der Waals surface area (Å²) in [4.78, 5) is 25.0. The molecule has 0 saturated carbocycles. The number of aliphatic hydroxyl groups excluding tert-OH is 1. The summed E-state index contributed by atoms with van der Waals surface area (Å²) >= 11 is 0. The van der Waals surface area contributed by atoms with Gasteiger partial charge in [-0.3, -0.25) is 9.36 Å². The lowest BCUT2D eigenvalue weighted by atomic mass is 10.0. The summed E-state index contributed by atoms with van der Waals surface area (Å²) in [6, 6.07) is -0.876. The Morgan fingerprint density at radius 1 is 0.773 bits per heavy atom. The summed E-state index contributed by atoms with van der Waals surface area (Å²) < 4.78 is 23.0. The van der Waals surface area contributed by atoms with E-state index in [2.05, 4.69) is 19.2 Å². The highest BCUT2D eigenvalue weighted by Crippen LogP contribution is 2.38. The van der Waals surface area contributed by atoms with Crippen molar-refractivity contribution in [1.29, 1.82) is 0 Å². The van der Waals surface area contributed by atoms with Gasteiger partial charge in [0.1, 0.15) is 13.2 Å². The van der Waals surface area contributed by atoms with Crippen molar-refractivity contribution in [2.45, 2.75) is 167 Å². The van der Waals surface area contributed by atoms with E-state index in [1.807, 2.05) is 27.2 Å². The second-order valence-corrected chi connectivity index (χ2v) is 15.0. The van der Waals surface area contributed by atoms with E-state index in [9.17, 15) is 19.4 Å². The fourth-order valence-electron chi connectivity index (χ4n) is 5.03. The first-order valence-electron chi connectivity index (χ1n) is 18.1. The van der Waals surface area contributed by atoms with Crippen LogP contribution in [0.2, 0.25) is 0 Å². The molecule has 3 atom stereocenters. The van der Waals surface area contributed by atoms with Crippen LogP contribution in [-0.4, -0.2) is 68.5 Å². The van der Waals surface area contributed by atoms with Crippen LogP contribution in [0.3, 0.4) is 0 Å². The van der Waals surface area contributed by atoms with Crippen LogP contribution < -0.4 is 10.2 Å². The van der Waals surface area contributed by atoms with Gasteiger partial charge in [-0.1, -0.05) is 142 Å². The number of quaternary nitrogens is 1. The van der Waals surface area contributed by atoms with Gasteiger partial charge in [-0.2, -0.15) is 0 Å². The van der Waals surface area contributed by atoms with Gasteiger partial charge in [0.25, 0.3) is 7.82 Å². The molecule has 0 bridgehead atoms. The number of nitrogens with zero attached hydrogens (tertiary/aromatic N) is 1. The zero-order chi connectivity index (χ0) is 32.9. The third-order valence-corrected chi connectivity index (χ3v) is 8.96. The van der Waals surface area contributed by atoms with E-state index in [0.29, 0.717) is 17.4 Å². The van der Waals surface area contributed by atoms with Gasteiger partial charge in [0.2, 0.25) is 5.91 Å². The van der Waals surface area contributed by atoms with E-state index in [4.69, 9.17) is 9.05 Å². The van der Waals surface area contributed by atoms with Gasteiger partial charge in [0, 0.05) is 6.42 Å². The lowest BCUT2D eigenvalue weighted by Crippen LogP contribution is -2.45. The molecule has 0 fully saturated rings. The molecule has 1 unspecified atom stereocenters. The normalized spacial score (nSPS) is 15.0. The summed E-state index contributed by atoms with van der Waals surface area (Å²) in [7, 11) is 1.26. The first-order chi connectivity index (χ1) is 21.0. The molecule has 0 aromatic carbocycles. The molecule has 0 aliphatic carbocycles. The number of phosphoric acid groups is 1. The molecule has 0 aromatic rings. The predicted octanol–water partition coefficient (Wildman–Crippen LogP) is 8.22. The van der Waals surface area contributed by atoms with Crippen molar-refractivity contribution < 1.29 is 32.9 Å². The molecule has 0 aliphatic rings. The van der Waals surface area contributed by atoms with Crippen LogP contribution in [0.1, 0.15) is 155 Å². The van der Waals surface area contributed by atoms with E-state index >= 15 is 0 Å². The topological polar surface area (TPSA) is 108 Å². The van der Waals surface area contributed by atoms with Crippen LogP contribution in [0.4, 0.5) is 0 Å². The van der Waals surface area contributed by atoms with E-state index in [0.717, 1.165) is 38.5 Å². The van der Waals surface area contributed by atoms with E-state index in [1.165, 1.54) is 96.3 Å². The summed E-state index contributed by atoms with van der Waals surface area (Å²) in [6.07, 6.45) is 28.2. The number of unbranched alkanes of at least 4 members (excludes halogenated alkanes) is 19. The third kappa shape index (κ3) is 29.9. The number of allylic oxidation sites excluding steroid dienone is 1. The Bertz CT molecular complexity index is 743. The van der Waals surface area contributed by atoms with Crippen LogP contribution in [-0.2, 0) is 18.4 Å². The van der Waals surface area contributed by atoms with Crippen molar-refractivity contribution in [1.82, 2.24) is 5.32 Å². The fourth-order valence-corrected chi connectivity index (χ4v) is 5.76. The second kappa shape index (κ2) is 28.5. The Labute approximate surface area is 272 Å². The molecule has 8 nitrogen and oxygen atoms in total. The molecule has 2 N–H and O–H groups in total. The van der Waals surface area contributed by atoms with Gasteiger partial charge in [0.05, 0.1) is 39.9 Å². The summed E-state index contributed by atoms with van der Waals surface area (Å²) in [5, 5.41) is 13.6. The van der Waals surface area contributed by atoms with Gasteiger partial charge in [0.15, 0.2) is 0 Å². The average Bonchev–Trinajstić information content (AvgIpc) is 2.95. The van der Waals surface area contributed by atoms with Crippen molar-refractivity contribution >= 4 is 13.7 Å². The first-order valence-corrected chi connectivity index (χ1v) is 19.5. The van der Waals surface area contributed by atoms with Gasteiger partial charge < -0.3 is 28.8 Å². The van der Waals surface area contributed by atoms with Gasteiger partial charge in [-0.15, -0.1) is 0 Å². The molecule has 0 radical (unpaired) electrons. The average molecular weight is 647 g/mol. The van der Waals surface area contributed by atoms with Crippen molar-refractivity contribution in [3.63, 3.8) is 0 Å². The number of hydrogen-bond donors (Lipinski definition) is 2. The quantitative estimate of drug-likeness (QED) is 0.0330. The van der Waals surface area contributed by atoms with Crippen molar-refractivity contribution in [3.05, 3.63) is 12.2 Å². The third-order valence-electron chi connectivity index (χ3n) is 8.00. The number of hydrogen-bond acceptors (Lipinski definition) is 6. The monoisotopic (exact) mass is 647 g/mol. The Balaban J connectivity index is 4.58. The summed E-state index contributed by atoms with van der Waals surface area (Å²) in [5.41, 5.74) is 0. The summed E-state index contributed by atoms with van der Waals surface area (Å²) in [6.45, 7) is 4.60. The molecule has 0 aliphatic heterocycles. The van der Waals surface area contributed by atoms with E-state index in [-0.39, 0.29) is 19.1 Å². The lowest BCUT2D eigenvalue weighted by molar-refractivity contribution is -0.870. The van der Waals surface area contributed by atoms with Gasteiger partial charge >= 0.3 is 0 Å². The van der Waals surface area contributed by atoms with E-state index < -0.39 is 20.0 Å². The highest BCUT2D eigenvalue weighted by atomic mass is 31.2. The maximum Gasteiger partial charge on any atom is 0.268 e. The maximum absolute atomic E-state index is 12.7. The molecule has 0 heterocycles. The molecule has 1 amide bonds. The molecule has 0 saturated heterocycles. The molecule has 262 valence electrons. The Kier molecular flexibility index (Phi) is 28.0. The molecule has 0 spiro atoms. The smallest absolute Gasteiger partial charge is 0.268 e. The lowest BCUT2D eigenvalue weighted by Gasteiger charge is -2.29. The van der Waals surface area contributed by atoms with E-state index in [1.54, 1.807) is 6.08 Å². The van der Waals surface area contributed by atoms with Crippen molar-refractivity contribution in [2.75, 3.05) is 40.9 Å². The van der Waals surface area contributed by atoms with Crippen LogP contribution in [0.25, 0.3) is 0 Å². The SMILES string of the molecule is CCCCCCCCCCC/C=C/[C@@H](O)[C@H](COP(=O)([O-])OCC[N+](C)(C)C)NC(=O)CCCCCCCCCCCCC. The molecular formula is C35H71N2O6P. The molecule has 0 aromatic heterocycles. The number of rotatable bonds is 32. The van der Waals surface area contributed by atoms with Crippen molar-refractivity contribution in [2.24, 2.45) is 0 Å². The number of aliphatic hydroxyl groups is 1. The summed E-state index contributed by atoms with van der Waals surface area (Å²) in [5.74, 6) is -0.201. The number of phosphoric ester groups is 1. The van der Waals surface area contributed by atoms with Crippen LogP contribution in [0, 0.1) is 0 Å². The minimum atomic E-state index is -4.57. The minimum absolute atomic E-state index is 0.00135. The Morgan fingerprint density at radius 3 is 1.70 bits per heavy atom. The molecule has 9 heteroatoms. The van der Waals surface area contributed by atoms with Crippen molar-refractivity contribution in [3.8, 4) is 0 Å². The fraction of sp³-hybridized carbons (Fsp3) is 0.914. The number of likely N-dealkylation sites (N-methyl/N-ethyl adjacent to an activating group) is 1. The Hall–Kier alpha value is -0.760. The highest BCUT2D eigenvalue weighted by molar-refractivity contribution is 7.45. The number of carbonyl (C=O) groups excluding carboxylic acids is 1. The second-order valence-electron chi connectivity index (χ2n) is 13.6. The predicted molar refractivity (Wildman–Crippen MR) is 182 cm³/mol. The van der Waals surface area contributed by atoms with Crippen LogP contribution in [0.15, 0.2) is 12.2 Å². The standard InChI is InChI=1S/C35H71N2O6P/c1-6-8-10-12-14-16-18-20-22-24-26-28-34(38)33(32-43-44(40,41)42-31-30-37(3,4)5)36-35(39)29-27-25-23-21-19-17-15-13-11-9-7-2/h26,28,33-34,38H,6-25,27,29-32H2,1-5H3,(H-,36,39,40,41)/b28-26+/t33-,34+/m0/s1. The molecular weight excluding hydrogens is 575 g/mol. The largest absolute Gasteiger partial charge is 0.756 e. The zero-order valence-corrected chi connectivity index (χ0v) is 30.3. The zero-order valence-electron chi connectivity index (χ0n) is 29.4. The number of nitrogens with one attached hydrogen (secondary N) is 1. The van der Waals surface area contributed by atoms with Crippen LogP contribution >= 0.6 is 7.82 Å². The number of carbonyl (C=O) groups is 1. The highest BCUT2D eigenvalue weighted by Gasteiger charge is 2.23. The van der Waals surface area contributed by atoms with Gasteiger partial charge in [-0.25, -0.2) is 0 Å². The molecule has 44 heavy (non-hydrogen) atoms. The molecule has 0 rings (SSSR count). The minimum Gasteiger partial charge on any atom is -0.756 e. The van der Waals surface area contributed by atoms with Crippen LogP contribution in [0.5, 0.6) is 0 Å². The maximum atomic E-state index is 12.7.